The SMILES string of the molecule is NC1CCC2CN(C(=O)CC3CC3)CC12. The molecular formula is C12H20N2O. The monoisotopic (exact) mass is 208 g/mol. The van der Waals surface area contributed by atoms with Crippen LogP contribution >= 0.6 is 0 Å². The van der Waals surface area contributed by atoms with E-state index < -0.39 is 0 Å². The van der Waals surface area contributed by atoms with Crippen molar-refractivity contribution in [1.82, 2.24) is 4.90 Å². The highest BCUT2D eigenvalue weighted by atomic mass is 16.2. The summed E-state index contributed by atoms with van der Waals surface area (Å²) in [5, 5.41) is 0. The maximum atomic E-state index is 11.9. The number of nitrogens with zero attached hydrogens (tertiary/aromatic N) is 1. The Bertz CT molecular complexity index is 275. The quantitative estimate of drug-likeness (QED) is 0.735. The third-order valence-electron chi connectivity index (χ3n) is 4.43. The molecule has 3 aliphatic rings. The molecule has 2 saturated carbocycles. The van der Waals surface area contributed by atoms with Gasteiger partial charge in [0.15, 0.2) is 0 Å². The highest BCUT2D eigenvalue weighted by Crippen LogP contribution is 2.39. The number of fused-ring (bicyclic) bond motifs is 1. The summed E-state index contributed by atoms with van der Waals surface area (Å²) in [6.45, 7) is 1.93. The van der Waals surface area contributed by atoms with Crippen molar-refractivity contribution in [3.05, 3.63) is 0 Å². The second-order valence-corrected chi connectivity index (χ2v) is 5.61. The first-order valence-corrected chi connectivity index (χ1v) is 6.27. The van der Waals surface area contributed by atoms with Crippen molar-refractivity contribution in [3.8, 4) is 0 Å². The van der Waals surface area contributed by atoms with E-state index in [9.17, 15) is 4.79 Å². The molecule has 0 aromatic carbocycles. The Labute approximate surface area is 91.0 Å². The van der Waals surface area contributed by atoms with Gasteiger partial charge in [0.2, 0.25) is 5.91 Å². The molecule has 0 aromatic heterocycles. The molecule has 3 fully saturated rings. The van der Waals surface area contributed by atoms with Crippen LogP contribution in [-0.4, -0.2) is 29.9 Å². The van der Waals surface area contributed by atoms with Gasteiger partial charge in [-0.25, -0.2) is 0 Å². The smallest absolute Gasteiger partial charge is 0.222 e. The molecule has 3 unspecified atom stereocenters. The van der Waals surface area contributed by atoms with E-state index in [1.807, 2.05) is 0 Å². The zero-order valence-corrected chi connectivity index (χ0v) is 9.19. The topological polar surface area (TPSA) is 46.3 Å². The van der Waals surface area contributed by atoms with Gasteiger partial charge in [0, 0.05) is 25.6 Å². The molecule has 1 aliphatic heterocycles. The van der Waals surface area contributed by atoms with Crippen molar-refractivity contribution in [1.29, 1.82) is 0 Å². The first-order chi connectivity index (χ1) is 7.24. The summed E-state index contributed by atoms with van der Waals surface area (Å²) in [7, 11) is 0. The van der Waals surface area contributed by atoms with Gasteiger partial charge in [0.05, 0.1) is 0 Å². The number of carbonyl (C=O) groups is 1. The summed E-state index contributed by atoms with van der Waals surface area (Å²) in [6, 6.07) is 0.355. The highest BCUT2D eigenvalue weighted by molar-refractivity contribution is 5.77. The van der Waals surface area contributed by atoms with E-state index in [0.717, 1.165) is 19.5 Å². The first-order valence-electron chi connectivity index (χ1n) is 6.27. The summed E-state index contributed by atoms with van der Waals surface area (Å²) in [5.41, 5.74) is 6.06. The van der Waals surface area contributed by atoms with Crippen molar-refractivity contribution in [2.24, 2.45) is 23.5 Å². The summed E-state index contributed by atoms with van der Waals surface area (Å²) < 4.78 is 0. The molecule has 1 heterocycles. The number of carbonyl (C=O) groups excluding carboxylic acids is 1. The fourth-order valence-electron chi connectivity index (χ4n) is 3.21. The van der Waals surface area contributed by atoms with E-state index in [1.165, 1.54) is 25.7 Å². The van der Waals surface area contributed by atoms with E-state index in [4.69, 9.17) is 5.73 Å². The predicted octanol–water partition coefficient (Wildman–Crippen LogP) is 0.982. The number of likely N-dealkylation sites (tertiary alicyclic amines) is 1. The maximum absolute atomic E-state index is 11.9. The van der Waals surface area contributed by atoms with Crippen LogP contribution in [0, 0.1) is 17.8 Å². The van der Waals surface area contributed by atoms with Crippen molar-refractivity contribution in [2.75, 3.05) is 13.1 Å². The molecule has 15 heavy (non-hydrogen) atoms. The number of hydrogen-bond acceptors (Lipinski definition) is 2. The minimum absolute atomic E-state index is 0.355. The van der Waals surface area contributed by atoms with Crippen LogP contribution in [0.2, 0.25) is 0 Å². The predicted molar refractivity (Wildman–Crippen MR) is 58.1 cm³/mol. The van der Waals surface area contributed by atoms with Crippen LogP contribution in [-0.2, 0) is 4.79 Å². The molecule has 1 amide bonds. The lowest BCUT2D eigenvalue weighted by Crippen LogP contribution is -2.33. The summed E-state index contributed by atoms with van der Waals surface area (Å²) in [4.78, 5) is 14.0. The molecule has 0 radical (unpaired) electrons. The van der Waals surface area contributed by atoms with Crippen LogP contribution in [0.4, 0.5) is 0 Å². The van der Waals surface area contributed by atoms with Crippen molar-refractivity contribution < 1.29 is 4.79 Å². The molecule has 1 saturated heterocycles. The normalized spacial score (nSPS) is 39.5. The third kappa shape index (κ3) is 1.78. The minimum atomic E-state index is 0.355. The number of amides is 1. The summed E-state index contributed by atoms with van der Waals surface area (Å²) >= 11 is 0. The van der Waals surface area contributed by atoms with Gasteiger partial charge in [0.25, 0.3) is 0 Å². The van der Waals surface area contributed by atoms with Gasteiger partial charge in [-0.3, -0.25) is 4.79 Å². The largest absolute Gasteiger partial charge is 0.342 e. The van der Waals surface area contributed by atoms with Gasteiger partial charge >= 0.3 is 0 Å². The average Bonchev–Trinajstić information content (AvgIpc) is 2.79. The van der Waals surface area contributed by atoms with Crippen molar-refractivity contribution in [3.63, 3.8) is 0 Å². The Morgan fingerprint density at radius 1 is 1.20 bits per heavy atom. The zero-order chi connectivity index (χ0) is 10.4. The van der Waals surface area contributed by atoms with Gasteiger partial charge in [-0.1, -0.05) is 0 Å². The van der Waals surface area contributed by atoms with E-state index in [-0.39, 0.29) is 0 Å². The van der Waals surface area contributed by atoms with E-state index in [1.54, 1.807) is 0 Å². The lowest BCUT2D eigenvalue weighted by atomic mass is 9.98. The molecule has 84 valence electrons. The fourth-order valence-corrected chi connectivity index (χ4v) is 3.21. The number of rotatable bonds is 2. The van der Waals surface area contributed by atoms with Gasteiger partial charge in [0.1, 0.15) is 0 Å². The molecule has 3 nitrogen and oxygen atoms in total. The Hall–Kier alpha value is -0.570. The van der Waals surface area contributed by atoms with Crippen LogP contribution in [0.1, 0.15) is 32.1 Å². The van der Waals surface area contributed by atoms with Gasteiger partial charge in [-0.05, 0) is 43.4 Å². The lowest BCUT2D eigenvalue weighted by molar-refractivity contribution is -0.130. The molecule has 3 rings (SSSR count). The second kappa shape index (κ2) is 3.48. The van der Waals surface area contributed by atoms with Crippen molar-refractivity contribution >= 4 is 5.91 Å². The van der Waals surface area contributed by atoms with Crippen LogP contribution < -0.4 is 5.73 Å². The molecular weight excluding hydrogens is 188 g/mol. The number of hydrogen-bond donors (Lipinski definition) is 1. The van der Waals surface area contributed by atoms with Crippen molar-refractivity contribution in [2.45, 2.75) is 38.1 Å². The second-order valence-electron chi connectivity index (χ2n) is 5.61. The minimum Gasteiger partial charge on any atom is -0.342 e. The average molecular weight is 208 g/mol. The maximum Gasteiger partial charge on any atom is 0.222 e. The molecule has 2 N–H and O–H groups in total. The third-order valence-corrected chi connectivity index (χ3v) is 4.43. The summed E-state index contributed by atoms with van der Waals surface area (Å²) in [5.74, 6) is 2.42. The Morgan fingerprint density at radius 2 is 2.00 bits per heavy atom. The number of nitrogens with two attached hydrogens (primary N) is 1. The lowest BCUT2D eigenvalue weighted by Gasteiger charge is -2.18. The van der Waals surface area contributed by atoms with Crippen LogP contribution in [0.5, 0.6) is 0 Å². The fraction of sp³-hybridized carbons (Fsp3) is 0.917. The molecule has 2 aliphatic carbocycles. The Morgan fingerprint density at radius 3 is 2.67 bits per heavy atom. The van der Waals surface area contributed by atoms with E-state index in [2.05, 4.69) is 4.90 Å². The molecule has 0 bridgehead atoms. The zero-order valence-electron chi connectivity index (χ0n) is 9.19. The molecule has 3 atom stereocenters. The van der Waals surface area contributed by atoms with Crippen LogP contribution in [0.25, 0.3) is 0 Å². The molecule has 0 aromatic rings. The Kier molecular flexibility index (Phi) is 2.23. The van der Waals surface area contributed by atoms with Crippen LogP contribution in [0.15, 0.2) is 0 Å². The molecule has 3 heteroatoms. The Balaban J connectivity index is 1.58. The van der Waals surface area contributed by atoms with Crippen LogP contribution in [0.3, 0.4) is 0 Å². The van der Waals surface area contributed by atoms with Gasteiger partial charge < -0.3 is 10.6 Å². The van der Waals surface area contributed by atoms with Gasteiger partial charge in [-0.15, -0.1) is 0 Å². The van der Waals surface area contributed by atoms with E-state index >= 15 is 0 Å². The molecule has 0 spiro atoms. The van der Waals surface area contributed by atoms with E-state index in [0.29, 0.717) is 29.7 Å². The van der Waals surface area contributed by atoms with Gasteiger partial charge in [-0.2, -0.15) is 0 Å². The highest BCUT2D eigenvalue weighted by Gasteiger charge is 2.42. The standard InChI is InChI=1S/C12H20N2O/c13-11-4-3-9-6-14(7-10(9)11)12(15)5-8-1-2-8/h8-11H,1-7,13H2. The first kappa shape index (κ1) is 9.64. The summed E-state index contributed by atoms with van der Waals surface area (Å²) in [6.07, 6.45) is 5.74.